The second kappa shape index (κ2) is 10.4. The maximum Gasteiger partial charge on any atom is 0.265 e. The van der Waals surface area contributed by atoms with Crippen LogP contribution in [0.4, 0.5) is 5.69 Å². The molecule has 0 aromatic heterocycles. The summed E-state index contributed by atoms with van der Waals surface area (Å²) in [5.74, 6) is 0.197. The summed E-state index contributed by atoms with van der Waals surface area (Å²) in [5, 5.41) is 7.79. The lowest BCUT2D eigenvalue weighted by molar-refractivity contribution is -0.122. The molecule has 0 aliphatic carbocycles. The number of benzene rings is 3. The van der Waals surface area contributed by atoms with Gasteiger partial charge < -0.3 is 15.4 Å². The van der Waals surface area contributed by atoms with E-state index in [-0.39, 0.29) is 11.8 Å². The van der Waals surface area contributed by atoms with Crippen LogP contribution in [0.5, 0.6) is 5.75 Å². The normalized spacial score (nSPS) is 11.7. The molecule has 0 fully saturated rings. The van der Waals surface area contributed by atoms with Gasteiger partial charge in [-0.25, -0.2) is 0 Å². The van der Waals surface area contributed by atoms with E-state index < -0.39 is 6.10 Å². The zero-order chi connectivity index (χ0) is 21.3. The van der Waals surface area contributed by atoms with E-state index in [0.29, 0.717) is 30.0 Å². The first kappa shape index (κ1) is 21.4. The predicted octanol–water partition coefficient (Wildman–Crippen LogP) is 5.17. The van der Waals surface area contributed by atoms with Crippen LogP contribution in [0.25, 0.3) is 10.8 Å². The van der Waals surface area contributed by atoms with E-state index in [1.54, 1.807) is 24.3 Å². The monoisotopic (exact) mass is 404 g/mol. The smallest absolute Gasteiger partial charge is 0.265 e. The van der Waals surface area contributed by atoms with Crippen molar-refractivity contribution < 1.29 is 14.3 Å². The van der Waals surface area contributed by atoms with Gasteiger partial charge in [-0.1, -0.05) is 68.8 Å². The van der Waals surface area contributed by atoms with E-state index >= 15 is 0 Å². The maximum absolute atomic E-state index is 13.0. The fourth-order valence-electron chi connectivity index (χ4n) is 3.25. The second-order valence-electron chi connectivity index (χ2n) is 7.14. The van der Waals surface area contributed by atoms with Crippen molar-refractivity contribution in [2.24, 2.45) is 0 Å². The van der Waals surface area contributed by atoms with Crippen LogP contribution < -0.4 is 15.4 Å². The summed E-state index contributed by atoms with van der Waals surface area (Å²) >= 11 is 0. The standard InChI is InChI=1S/C25H28N2O3/c1-3-5-17-26-24(28)20-14-8-9-15-21(20)27-25(29)22(4-2)30-23-16-10-12-18-11-6-7-13-19(18)23/h6-16,22H,3-5,17H2,1-2H3,(H,26,28)(H,27,29)/t22-/m1/s1. The van der Waals surface area contributed by atoms with Gasteiger partial charge in [-0.3, -0.25) is 9.59 Å². The van der Waals surface area contributed by atoms with Crippen molar-refractivity contribution in [3.05, 3.63) is 72.3 Å². The van der Waals surface area contributed by atoms with E-state index in [9.17, 15) is 9.59 Å². The number of rotatable bonds is 9. The first-order valence-corrected chi connectivity index (χ1v) is 10.5. The molecule has 2 N–H and O–H groups in total. The van der Waals surface area contributed by atoms with Crippen molar-refractivity contribution in [3.8, 4) is 5.75 Å². The van der Waals surface area contributed by atoms with Crippen molar-refractivity contribution in [1.82, 2.24) is 5.32 Å². The van der Waals surface area contributed by atoms with Crippen molar-refractivity contribution in [3.63, 3.8) is 0 Å². The van der Waals surface area contributed by atoms with Crippen molar-refractivity contribution in [2.45, 2.75) is 39.2 Å². The number of anilines is 1. The topological polar surface area (TPSA) is 67.4 Å². The third kappa shape index (κ3) is 5.17. The van der Waals surface area contributed by atoms with Gasteiger partial charge in [0.1, 0.15) is 5.75 Å². The summed E-state index contributed by atoms with van der Waals surface area (Å²) in [6.07, 6.45) is 1.74. The van der Waals surface area contributed by atoms with Crippen LogP contribution in [0.1, 0.15) is 43.5 Å². The quantitative estimate of drug-likeness (QED) is 0.484. The Morgan fingerprint density at radius 3 is 2.47 bits per heavy atom. The van der Waals surface area contributed by atoms with Crippen LogP contribution in [0, 0.1) is 0 Å². The Labute approximate surface area is 177 Å². The predicted molar refractivity (Wildman–Crippen MR) is 121 cm³/mol. The molecule has 0 aliphatic heterocycles. The van der Waals surface area contributed by atoms with E-state index in [1.165, 1.54) is 0 Å². The lowest BCUT2D eigenvalue weighted by atomic mass is 10.1. The summed E-state index contributed by atoms with van der Waals surface area (Å²) < 4.78 is 6.08. The van der Waals surface area contributed by atoms with E-state index in [0.717, 1.165) is 23.6 Å². The van der Waals surface area contributed by atoms with Crippen molar-refractivity contribution in [2.75, 3.05) is 11.9 Å². The van der Waals surface area contributed by atoms with Gasteiger partial charge >= 0.3 is 0 Å². The lowest BCUT2D eigenvalue weighted by Gasteiger charge is -2.19. The summed E-state index contributed by atoms with van der Waals surface area (Å²) in [6.45, 7) is 4.58. The third-order valence-corrected chi connectivity index (χ3v) is 4.93. The highest BCUT2D eigenvalue weighted by Crippen LogP contribution is 2.27. The van der Waals surface area contributed by atoms with Crippen molar-refractivity contribution in [1.29, 1.82) is 0 Å². The van der Waals surface area contributed by atoms with Crippen LogP contribution in [-0.4, -0.2) is 24.5 Å². The van der Waals surface area contributed by atoms with Gasteiger partial charge in [0, 0.05) is 11.9 Å². The second-order valence-corrected chi connectivity index (χ2v) is 7.14. The minimum atomic E-state index is -0.674. The Kier molecular flexibility index (Phi) is 7.44. The van der Waals surface area contributed by atoms with E-state index in [4.69, 9.17) is 4.74 Å². The Morgan fingerprint density at radius 2 is 1.67 bits per heavy atom. The van der Waals surface area contributed by atoms with Gasteiger partial charge in [-0.2, -0.15) is 0 Å². The molecule has 0 aliphatic rings. The number of hydrogen-bond donors (Lipinski definition) is 2. The molecular formula is C25H28N2O3. The molecule has 0 saturated carbocycles. The van der Waals surface area contributed by atoms with Gasteiger partial charge in [0.2, 0.25) is 0 Å². The first-order chi connectivity index (χ1) is 14.6. The Morgan fingerprint density at radius 1 is 0.933 bits per heavy atom. The van der Waals surface area contributed by atoms with Gasteiger partial charge in [-0.15, -0.1) is 0 Å². The summed E-state index contributed by atoms with van der Waals surface area (Å²) in [5.41, 5.74) is 0.929. The van der Waals surface area contributed by atoms with Crippen LogP contribution in [-0.2, 0) is 4.79 Å². The van der Waals surface area contributed by atoms with Crippen molar-refractivity contribution >= 4 is 28.3 Å². The van der Waals surface area contributed by atoms with Crippen LogP contribution in [0.3, 0.4) is 0 Å². The number of unbranched alkanes of at least 4 members (excludes halogenated alkanes) is 1. The number of fused-ring (bicyclic) bond motifs is 1. The number of amides is 2. The molecule has 5 heteroatoms. The fraction of sp³-hybridized carbons (Fsp3) is 0.280. The number of ether oxygens (including phenoxy) is 1. The van der Waals surface area contributed by atoms with Gasteiger partial charge in [-0.05, 0) is 36.4 Å². The molecule has 0 unspecified atom stereocenters. The molecule has 0 bridgehead atoms. The summed E-state index contributed by atoms with van der Waals surface area (Å²) in [7, 11) is 0. The molecule has 5 nitrogen and oxygen atoms in total. The van der Waals surface area contributed by atoms with Gasteiger partial charge in [0.25, 0.3) is 11.8 Å². The summed E-state index contributed by atoms with van der Waals surface area (Å²) in [6, 6.07) is 20.7. The number of para-hydroxylation sites is 1. The molecule has 3 aromatic carbocycles. The Bertz CT molecular complexity index is 1010. The molecule has 3 aromatic rings. The van der Waals surface area contributed by atoms with Gasteiger partial charge in [0.15, 0.2) is 6.10 Å². The molecule has 1 atom stereocenters. The SMILES string of the molecule is CCCCNC(=O)c1ccccc1NC(=O)[C@@H](CC)Oc1cccc2ccccc12. The molecule has 0 saturated heterocycles. The molecule has 156 valence electrons. The minimum Gasteiger partial charge on any atom is -0.480 e. The summed E-state index contributed by atoms with van der Waals surface area (Å²) in [4.78, 5) is 25.5. The highest BCUT2D eigenvalue weighted by Gasteiger charge is 2.21. The fourth-order valence-corrected chi connectivity index (χ4v) is 3.25. The average Bonchev–Trinajstić information content (AvgIpc) is 2.78. The molecule has 2 amide bonds. The van der Waals surface area contributed by atoms with Gasteiger partial charge in [0.05, 0.1) is 11.3 Å². The first-order valence-electron chi connectivity index (χ1n) is 10.5. The maximum atomic E-state index is 13.0. The Balaban J connectivity index is 1.75. The molecule has 0 radical (unpaired) electrons. The van der Waals surface area contributed by atoms with E-state index in [2.05, 4.69) is 17.6 Å². The average molecular weight is 405 g/mol. The number of carbonyl (C=O) groups is 2. The number of hydrogen-bond acceptors (Lipinski definition) is 3. The van der Waals surface area contributed by atoms with Crippen LogP contribution in [0.15, 0.2) is 66.7 Å². The molecular weight excluding hydrogens is 376 g/mol. The van der Waals surface area contributed by atoms with E-state index in [1.807, 2.05) is 49.4 Å². The minimum absolute atomic E-state index is 0.192. The molecule has 30 heavy (non-hydrogen) atoms. The zero-order valence-electron chi connectivity index (χ0n) is 17.5. The third-order valence-electron chi connectivity index (χ3n) is 4.93. The Hall–Kier alpha value is -3.34. The number of nitrogens with one attached hydrogen (secondary N) is 2. The molecule has 0 spiro atoms. The highest BCUT2D eigenvalue weighted by atomic mass is 16.5. The molecule has 3 rings (SSSR count). The van der Waals surface area contributed by atoms with Crippen LogP contribution in [0.2, 0.25) is 0 Å². The number of carbonyl (C=O) groups excluding carboxylic acids is 2. The highest BCUT2D eigenvalue weighted by molar-refractivity contribution is 6.04. The lowest BCUT2D eigenvalue weighted by Crippen LogP contribution is -2.33. The zero-order valence-corrected chi connectivity index (χ0v) is 17.5. The largest absolute Gasteiger partial charge is 0.480 e. The molecule has 0 heterocycles. The van der Waals surface area contributed by atoms with Crippen LogP contribution >= 0.6 is 0 Å².